The van der Waals surface area contributed by atoms with E-state index in [0.717, 1.165) is 22.0 Å². The van der Waals surface area contributed by atoms with Gasteiger partial charge in [0.1, 0.15) is 0 Å². The lowest BCUT2D eigenvalue weighted by atomic mass is 10.1. The molecule has 1 saturated heterocycles. The molecular weight excluding hydrogens is 494 g/mol. The molecule has 3 amide bonds. The highest BCUT2D eigenvalue weighted by Crippen LogP contribution is 2.33. The molecule has 0 atom stereocenters. The van der Waals surface area contributed by atoms with E-state index < -0.39 is 0 Å². The summed E-state index contributed by atoms with van der Waals surface area (Å²) in [6.07, 6.45) is 3.56. The molecule has 1 aliphatic heterocycles. The Bertz CT molecular complexity index is 1520. The standard InChI is InChI=1S/C27H20ClN5O2S/c28-21-10-9-20(31-26(35)30-16-17-5-2-1-3-6-17)15-23(21)32-27-33-25(34)24(36-27)14-18-8-11-22-19(13-18)7-4-12-29-22/h1-15H,16H2,(H2,30,31,35)(H,32,33,34)/b24-14-. The minimum absolute atomic E-state index is 0.240. The van der Waals surface area contributed by atoms with E-state index in [4.69, 9.17) is 11.6 Å². The molecule has 36 heavy (non-hydrogen) atoms. The third-order valence-corrected chi connectivity index (χ3v) is 6.53. The van der Waals surface area contributed by atoms with Crippen molar-refractivity contribution >= 4 is 68.8 Å². The van der Waals surface area contributed by atoms with E-state index in [9.17, 15) is 9.59 Å². The minimum atomic E-state index is -0.348. The first-order chi connectivity index (χ1) is 17.5. The smallest absolute Gasteiger partial charge is 0.319 e. The lowest BCUT2D eigenvalue weighted by molar-refractivity contribution is -0.115. The lowest BCUT2D eigenvalue weighted by Gasteiger charge is -2.09. The first-order valence-electron chi connectivity index (χ1n) is 11.1. The Morgan fingerprint density at radius 1 is 1.06 bits per heavy atom. The molecule has 7 nitrogen and oxygen atoms in total. The van der Waals surface area contributed by atoms with Crippen LogP contribution in [0.5, 0.6) is 0 Å². The van der Waals surface area contributed by atoms with E-state index in [1.807, 2.05) is 66.7 Å². The van der Waals surface area contributed by atoms with Gasteiger partial charge in [-0.25, -0.2) is 9.79 Å². The molecule has 1 fully saturated rings. The number of carbonyl (C=O) groups is 2. The first-order valence-corrected chi connectivity index (χ1v) is 12.3. The number of aliphatic imine (C=N–C) groups is 1. The Labute approximate surface area is 216 Å². The van der Waals surface area contributed by atoms with Crippen LogP contribution in [-0.4, -0.2) is 22.1 Å². The summed E-state index contributed by atoms with van der Waals surface area (Å²) >= 11 is 7.56. The molecule has 0 saturated carbocycles. The number of fused-ring (bicyclic) bond motifs is 1. The maximum atomic E-state index is 12.5. The van der Waals surface area contributed by atoms with E-state index >= 15 is 0 Å². The molecule has 5 rings (SSSR count). The molecule has 0 aliphatic carbocycles. The normalized spacial score (nSPS) is 15.3. The fourth-order valence-electron chi connectivity index (χ4n) is 3.55. The van der Waals surface area contributed by atoms with Crippen LogP contribution in [0.3, 0.4) is 0 Å². The van der Waals surface area contributed by atoms with E-state index in [2.05, 4.69) is 25.9 Å². The highest BCUT2D eigenvalue weighted by atomic mass is 35.5. The van der Waals surface area contributed by atoms with Crippen LogP contribution < -0.4 is 16.0 Å². The van der Waals surface area contributed by atoms with Crippen LogP contribution >= 0.6 is 23.4 Å². The predicted octanol–water partition coefficient (Wildman–Crippen LogP) is 6.10. The van der Waals surface area contributed by atoms with Gasteiger partial charge in [0.05, 0.1) is 21.1 Å². The zero-order valence-corrected chi connectivity index (χ0v) is 20.4. The Morgan fingerprint density at radius 3 is 2.78 bits per heavy atom. The zero-order chi connectivity index (χ0) is 24.9. The molecule has 0 radical (unpaired) electrons. The molecular formula is C27H20ClN5O2S. The second-order valence-corrected chi connectivity index (χ2v) is 9.33. The minimum Gasteiger partial charge on any atom is -0.334 e. The van der Waals surface area contributed by atoms with Gasteiger partial charge < -0.3 is 16.0 Å². The molecule has 3 N–H and O–H groups in total. The van der Waals surface area contributed by atoms with Crippen LogP contribution in [-0.2, 0) is 11.3 Å². The number of nitrogens with one attached hydrogen (secondary N) is 3. The summed E-state index contributed by atoms with van der Waals surface area (Å²) < 4.78 is 0. The number of nitrogens with zero attached hydrogens (tertiary/aromatic N) is 2. The summed E-state index contributed by atoms with van der Waals surface area (Å²) in [6.45, 7) is 0.404. The number of anilines is 1. The molecule has 3 aromatic carbocycles. The van der Waals surface area contributed by atoms with Gasteiger partial charge in [-0.15, -0.1) is 0 Å². The number of benzene rings is 3. The lowest BCUT2D eigenvalue weighted by Crippen LogP contribution is -2.28. The number of rotatable bonds is 5. The number of hydrogen-bond acceptors (Lipinski definition) is 5. The van der Waals surface area contributed by atoms with Gasteiger partial charge in [0.15, 0.2) is 5.17 Å². The van der Waals surface area contributed by atoms with Crippen LogP contribution in [0.1, 0.15) is 11.1 Å². The highest BCUT2D eigenvalue weighted by molar-refractivity contribution is 8.18. The van der Waals surface area contributed by atoms with E-state index in [-0.39, 0.29) is 11.9 Å². The molecule has 178 valence electrons. The van der Waals surface area contributed by atoms with Gasteiger partial charge in [0.2, 0.25) is 0 Å². The number of amides is 3. The molecule has 4 aromatic rings. The van der Waals surface area contributed by atoms with Crippen molar-refractivity contribution in [1.29, 1.82) is 0 Å². The Hall–Kier alpha value is -4.14. The molecule has 0 bridgehead atoms. The van der Waals surface area contributed by atoms with Crippen LogP contribution in [0.25, 0.3) is 17.0 Å². The van der Waals surface area contributed by atoms with Gasteiger partial charge in [-0.1, -0.05) is 54.1 Å². The fourth-order valence-corrected chi connectivity index (χ4v) is 4.55. The predicted molar refractivity (Wildman–Crippen MR) is 146 cm³/mol. The largest absolute Gasteiger partial charge is 0.334 e. The van der Waals surface area contributed by atoms with Crippen molar-refractivity contribution in [2.45, 2.75) is 6.54 Å². The summed E-state index contributed by atoms with van der Waals surface area (Å²) in [5, 5.41) is 10.2. The average molecular weight is 514 g/mol. The van der Waals surface area contributed by atoms with Crippen LogP contribution in [0.2, 0.25) is 5.02 Å². The summed E-state index contributed by atoms with van der Waals surface area (Å²) in [5.74, 6) is -0.240. The average Bonchev–Trinajstić information content (AvgIpc) is 3.23. The monoisotopic (exact) mass is 513 g/mol. The van der Waals surface area contributed by atoms with Crippen molar-refractivity contribution in [1.82, 2.24) is 15.6 Å². The van der Waals surface area contributed by atoms with Crippen molar-refractivity contribution in [2.24, 2.45) is 4.99 Å². The number of amidine groups is 1. The van der Waals surface area contributed by atoms with Crippen LogP contribution in [0, 0.1) is 0 Å². The molecule has 1 aliphatic rings. The quantitative estimate of drug-likeness (QED) is 0.281. The second-order valence-electron chi connectivity index (χ2n) is 7.90. The van der Waals surface area contributed by atoms with E-state index in [1.54, 1.807) is 24.4 Å². The van der Waals surface area contributed by atoms with Crippen molar-refractivity contribution in [3.8, 4) is 0 Å². The van der Waals surface area contributed by atoms with Gasteiger partial charge in [-0.2, -0.15) is 0 Å². The van der Waals surface area contributed by atoms with Gasteiger partial charge in [0, 0.05) is 23.8 Å². The van der Waals surface area contributed by atoms with Crippen molar-refractivity contribution in [2.75, 3.05) is 5.32 Å². The third-order valence-electron chi connectivity index (χ3n) is 5.30. The third kappa shape index (κ3) is 5.73. The summed E-state index contributed by atoms with van der Waals surface area (Å²) in [6, 6.07) is 23.9. The first kappa shape index (κ1) is 23.6. The number of carbonyl (C=O) groups excluding carboxylic acids is 2. The van der Waals surface area contributed by atoms with Gasteiger partial charge in [-0.3, -0.25) is 9.78 Å². The number of hydrogen-bond donors (Lipinski definition) is 3. The molecule has 9 heteroatoms. The zero-order valence-electron chi connectivity index (χ0n) is 18.9. The summed E-state index contributed by atoms with van der Waals surface area (Å²) in [4.78, 5) is 34.2. The number of aromatic nitrogens is 1. The maximum absolute atomic E-state index is 12.5. The Kier molecular flexibility index (Phi) is 6.97. The van der Waals surface area contributed by atoms with Gasteiger partial charge in [0.25, 0.3) is 5.91 Å². The molecule has 0 spiro atoms. The second kappa shape index (κ2) is 10.6. The Morgan fingerprint density at radius 2 is 1.92 bits per heavy atom. The van der Waals surface area contributed by atoms with E-state index in [1.165, 1.54) is 11.8 Å². The topological polar surface area (TPSA) is 95.5 Å². The van der Waals surface area contributed by atoms with Gasteiger partial charge >= 0.3 is 6.03 Å². The molecule has 0 unspecified atom stereocenters. The summed E-state index contributed by atoms with van der Waals surface area (Å²) in [7, 11) is 0. The Balaban J connectivity index is 1.28. The van der Waals surface area contributed by atoms with Crippen LogP contribution in [0.4, 0.5) is 16.2 Å². The molecule has 2 heterocycles. The van der Waals surface area contributed by atoms with Crippen molar-refractivity contribution < 1.29 is 9.59 Å². The number of pyridine rings is 1. The summed E-state index contributed by atoms with van der Waals surface area (Å²) in [5.41, 5.74) is 3.73. The number of halogens is 1. The highest BCUT2D eigenvalue weighted by Gasteiger charge is 2.24. The van der Waals surface area contributed by atoms with Crippen molar-refractivity contribution in [3.05, 3.63) is 106 Å². The number of thioether (sulfide) groups is 1. The van der Waals surface area contributed by atoms with Crippen molar-refractivity contribution in [3.63, 3.8) is 0 Å². The number of urea groups is 1. The van der Waals surface area contributed by atoms with E-state index in [0.29, 0.717) is 33.0 Å². The maximum Gasteiger partial charge on any atom is 0.319 e. The van der Waals surface area contributed by atoms with Gasteiger partial charge in [-0.05, 0) is 65.4 Å². The molecule has 1 aromatic heterocycles. The van der Waals surface area contributed by atoms with Crippen LogP contribution in [0.15, 0.2) is 95.0 Å². The fraction of sp³-hybridized carbons (Fsp3) is 0.0370. The SMILES string of the molecule is O=C(NCc1ccccc1)Nc1ccc(Cl)c(N=C2NC(=O)/C(=C/c3ccc4ncccc4c3)S2)c1.